The van der Waals surface area contributed by atoms with Gasteiger partial charge in [0, 0.05) is 23.9 Å². The number of halogens is 1. The van der Waals surface area contributed by atoms with Crippen molar-refractivity contribution in [2.75, 3.05) is 29.5 Å². The molecule has 0 amide bonds. The summed E-state index contributed by atoms with van der Waals surface area (Å²) < 4.78 is 58.9. The molecule has 0 aliphatic carbocycles. The number of sulfone groups is 2. The Morgan fingerprint density at radius 1 is 1.05 bits per heavy atom. The van der Waals surface area contributed by atoms with E-state index in [9.17, 15) is 21.2 Å². The molecule has 122 valence electrons. The molecule has 0 atom stereocenters. The van der Waals surface area contributed by atoms with Crippen molar-refractivity contribution in [3.8, 4) is 0 Å². The minimum atomic E-state index is -3.50. The standard InChI is InChI=1S/C11H15FN4O4S2/c1-3-21(17,18)7-5-16(6-8-22(19,20)4-2)11-14-9-13-10(12)15-11/h3-4,9H,1-2,5-8H2. The van der Waals surface area contributed by atoms with E-state index in [1.54, 1.807) is 0 Å². The first-order chi connectivity index (χ1) is 10.2. The summed E-state index contributed by atoms with van der Waals surface area (Å²) in [7, 11) is -7.01. The summed E-state index contributed by atoms with van der Waals surface area (Å²) in [5.74, 6) is -0.818. The zero-order chi connectivity index (χ0) is 16.8. The molecule has 0 bridgehead atoms. The van der Waals surface area contributed by atoms with Gasteiger partial charge in [-0.3, -0.25) is 0 Å². The van der Waals surface area contributed by atoms with Crippen molar-refractivity contribution < 1.29 is 21.2 Å². The third kappa shape index (κ3) is 5.85. The van der Waals surface area contributed by atoms with Crippen LogP contribution in [0.4, 0.5) is 10.3 Å². The molecule has 0 aliphatic rings. The topological polar surface area (TPSA) is 110 Å². The van der Waals surface area contributed by atoms with Crippen LogP contribution in [0.1, 0.15) is 0 Å². The number of nitrogens with zero attached hydrogens (tertiary/aromatic N) is 4. The smallest absolute Gasteiger partial charge is 0.313 e. The summed E-state index contributed by atoms with van der Waals surface area (Å²) in [4.78, 5) is 11.6. The van der Waals surface area contributed by atoms with Crippen molar-refractivity contribution in [1.82, 2.24) is 15.0 Å². The van der Waals surface area contributed by atoms with Crippen LogP contribution in [0, 0.1) is 6.08 Å². The Morgan fingerprint density at radius 2 is 1.55 bits per heavy atom. The molecular weight excluding hydrogens is 335 g/mol. The van der Waals surface area contributed by atoms with Gasteiger partial charge >= 0.3 is 6.08 Å². The summed E-state index contributed by atoms with van der Waals surface area (Å²) in [6, 6.07) is 0. The molecule has 0 unspecified atom stereocenters. The fourth-order valence-corrected chi connectivity index (χ4v) is 2.66. The first-order valence-corrected chi connectivity index (χ1v) is 9.42. The van der Waals surface area contributed by atoms with Crippen LogP contribution in [0.15, 0.2) is 30.3 Å². The molecule has 0 saturated carbocycles. The summed E-state index contributed by atoms with van der Waals surface area (Å²) in [5.41, 5.74) is 0. The molecule has 1 aromatic rings. The molecule has 11 heteroatoms. The predicted molar refractivity (Wildman–Crippen MR) is 80.0 cm³/mol. The lowest BCUT2D eigenvalue weighted by atomic mass is 10.5. The van der Waals surface area contributed by atoms with Crippen LogP contribution >= 0.6 is 0 Å². The monoisotopic (exact) mass is 350 g/mol. The summed E-state index contributed by atoms with van der Waals surface area (Å²) >= 11 is 0. The van der Waals surface area contributed by atoms with E-state index in [2.05, 4.69) is 28.1 Å². The van der Waals surface area contributed by atoms with E-state index < -0.39 is 25.8 Å². The Morgan fingerprint density at radius 3 is 1.95 bits per heavy atom. The maximum absolute atomic E-state index is 13.1. The van der Waals surface area contributed by atoms with E-state index >= 15 is 0 Å². The Hall–Kier alpha value is -1.88. The third-order valence-corrected chi connectivity index (χ3v) is 5.13. The molecule has 0 spiro atoms. The molecule has 1 rings (SSSR count). The lowest BCUT2D eigenvalue weighted by Crippen LogP contribution is -2.34. The van der Waals surface area contributed by atoms with Crippen LogP contribution in [0.2, 0.25) is 0 Å². The van der Waals surface area contributed by atoms with Crippen LogP contribution in [-0.4, -0.2) is 56.4 Å². The van der Waals surface area contributed by atoms with Gasteiger partial charge in [0.2, 0.25) is 5.95 Å². The van der Waals surface area contributed by atoms with Crippen molar-refractivity contribution >= 4 is 25.6 Å². The van der Waals surface area contributed by atoms with Crippen molar-refractivity contribution in [1.29, 1.82) is 0 Å². The van der Waals surface area contributed by atoms with E-state index in [-0.39, 0.29) is 30.5 Å². The Kier molecular flexibility index (Phi) is 6.11. The SMILES string of the molecule is C=CS(=O)(=O)CCN(CCS(=O)(=O)C=C)c1ncnc(F)n1. The van der Waals surface area contributed by atoms with Gasteiger partial charge in [0.1, 0.15) is 6.33 Å². The molecule has 8 nitrogen and oxygen atoms in total. The Labute approximate surface area is 128 Å². The minimum Gasteiger partial charge on any atom is -0.339 e. The fourth-order valence-electron chi connectivity index (χ4n) is 1.37. The molecular formula is C11H15FN4O4S2. The summed E-state index contributed by atoms with van der Waals surface area (Å²) in [5, 5.41) is 1.58. The highest BCUT2D eigenvalue weighted by Gasteiger charge is 2.17. The second-order valence-electron chi connectivity index (χ2n) is 4.11. The van der Waals surface area contributed by atoms with E-state index in [1.807, 2.05) is 0 Å². The molecule has 22 heavy (non-hydrogen) atoms. The summed E-state index contributed by atoms with van der Waals surface area (Å²) in [6.07, 6.45) is -0.137. The average Bonchev–Trinajstić information content (AvgIpc) is 2.47. The van der Waals surface area contributed by atoms with Gasteiger partial charge < -0.3 is 4.90 Å². The van der Waals surface area contributed by atoms with Crippen LogP contribution in [0.3, 0.4) is 0 Å². The van der Waals surface area contributed by atoms with Gasteiger partial charge in [-0.25, -0.2) is 21.8 Å². The van der Waals surface area contributed by atoms with Gasteiger partial charge in [-0.05, 0) is 0 Å². The van der Waals surface area contributed by atoms with E-state index in [0.29, 0.717) is 0 Å². The van der Waals surface area contributed by atoms with Crippen LogP contribution < -0.4 is 4.90 Å². The number of hydrogen-bond donors (Lipinski definition) is 0. The minimum absolute atomic E-state index is 0.121. The number of rotatable bonds is 9. The van der Waals surface area contributed by atoms with Crippen molar-refractivity contribution in [2.24, 2.45) is 0 Å². The van der Waals surface area contributed by atoms with Crippen molar-refractivity contribution in [3.63, 3.8) is 0 Å². The molecule has 0 aromatic carbocycles. The van der Waals surface area contributed by atoms with Gasteiger partial charge in [0.25, 0.3) is 0 Å². The van der Waals surface area contributed by atoms with Gasteiger partial charge in [-0.15, -0.1) is 0 Å². The summed E-state index contributed by atoms with van der Waals surface area (Å²) in [6.45, 7) is 6.12. The second kappa shape index (κ2) is 7.40. The molecule has 0 saturated heterocycles. The highest BCUT2D eigenvalue weighted by Crippen LogP contribution is 2.08. The van der Waals surface area contributed by atoms with Gasteiger partial charge in [0.05, 0.1) is 11.5 Å². The first-order valence-electron chi connectivity index (χ1n) is 5.99. The maximum atomic E-state index is 13.1. The van der Waals surface area contributed by atoms with Crippen LogP contribution in [0.25, 0.3) is 0 Å². The number of aromatic nitrogens is 3. The molecule has 1 heterocycles. The maximum Gasteiger partial charge on any atom is 0.313 e. The Balaban J connectivity index is 2.95. The van der Waals surface area contributed by atoms with E-state index in [1.165, 1.54) is 4.90 Å². The lowest BCUT2D eigenvalue weighted by Gasteiger charge is -2.21. The molecule has 0 radical (unpaired) electrons. The molecule has 0 aliphatic heterocycles. The molecule has 1 aromatic heterocycles. The highest BCUT2D eigenvalue weighted by atomic mass is 32.2. The van der Waals surface area contributed by atoms with Crippen molar-refractivity contribution in [3.05, 3.63) is 36.4 Å². The van der Waals surface area contributed by atoms with Crippen LogP contribution in [-0.2, 0) is 19.7 Å². The highest BCUT2D eigenvalue weighted by molar-refractivity contribution is 7.94. The first kappa shape index (κ1) is 18.2. The zero-order valence-electron chi connectivity index (χ0n) is 11.6. The van der Waals surface area contributed by atoms with E-state index in [4.69, 9.17) is 0 Å². The second-order valence-corrected chi connectivity index (χ2v) is 8.24. The third-order valence-electron chi connectivity index (χ3n) is 2.61. The van der Waals surface area contributed by atoms with Crippen molar-refractivity contribution in [2.45, 2.75) is 0 Å². The fraction of sp³-hybridized carbons (Fsp3) is 0.364. The lowest BCUT2D eigenvalue weighted by molar-refractivity contribution is 0.529. The molecule has 0 N–H and O–H groups in total. The Bertz CT molecular complexity index is 707. The normalized spacial score (nSPS) is 11.9. The van der Waals surface area contributed by atoms with Gasteiger partial charge in [-0.2, -0.15) is 14.4 Å². The average molecular weight is 350 g/mol. The number of hydrogen-bond acceptors (Lipinski definition) is 8. The van der Waals surface area contributed by atoms with Gasteiger partial charge in [-0.1, -0.05) is 13.2 Å². The quantitative estimate of drug-likeness (QED) is 0.609. The van der Waals surface area contributed by atoms with Crippen LogP contribution in [0.5, 0.6) is 0 Å². The van der Waals surface area contributed by atoms with Gasteiger partial charge in [0.15, 0.2) is 19.7 Å². The largest absolute Gasteiger partial charge is 0.339 e. The van der Waals surface area contributed by atoms with E-state index in [0.717, 1.165) is 17.1 Å². The predicted octanol–water partition coefficient (Wildman–Crippen LogP) is -0.0663. The zero-order valence-corrected chi connectivity index (χ0v) is 13.2. The molecule has 0 fully saturated rings. The number of anilines is 1.